The molecular weight excluding hydrogens is 432 g/mol. The summed E-state index contributed by atoms with van der Waals surface area (Å²) in [7, 11) is -9.57. The van der Waals surface area contributed by atoms with Crippen molar-refractivity contribution in [1.82, 2.24) is 14.8 Å². The van der Waals surface area contributed by atoms with E-state index in [1.807, 2.05) is 0 Å². The van der Waals surface area contributed by atoms with Gasteiger partial charge in [-0.3, -0.25) is 24.0 Å². The summed E-state index contributed by atoms with van der Waals surface area (Å²) in [5.74, 6) is 0. The van der Waals surface area contributed by atoms with Gasteiger partial charge in [-0.1, -0.05) is 0 Å². The summed E-state index contributed by atoms with van der Waals surface area (Å²) in [6.45, 7) is 0. The zero-order chi connectivity index (χ0) is 19.1. The van der Waals surface area contributed by atoms with E-state index in [0.717, 1.165) is 16.8 Å². The minimum atomic E-state index is -4.79. The molecule has 0 radical (unpaired) electrons. The van der Waals surface area contributed by atoms with Crippen LogP contribution in [-0.4, -0.2) is 40.7 Å². The first kappa shape index (κ1) is 25.2. The van der Waals surface area contributed by atoms with Crippen LogP contribution in [0.4, 0.5) is 0 Å². The molecule has 0 aliphatic carbocycles. The van der Waals surface area contributed by atoms with E-state index in [9.17, 15) is 30.7 Å². The predicted octanol–water partition coefficient (Wildman–Crippen LogP) is -5.27. The fraction of sp³-hybridized carbons (Fsp3) is 0. The smallest absolute Gasteiger partial charge is 0.290 e. The maximum atomic E-state index is 12.2. The number of aromatic amines is 1. The number of H-pyrrole nitrogens is 1. The van der Waals surface area contributed by atoms with E-state index in [1.165, 1.54) is 18.5 Å². The monoisotopic (exact) mass is 443 g/mol. The average molecular weight is 443 g/mol. The summed E-state index contributed by atoms with van der Waals surface area (Å²) >= 11 is 0. The molecule has 0 atom stereocenters. The van der Waals surface area contributed by atoms with Crippen LogP contribution >= 0.6 is 0 Å². The van der Waals surface area contributed by atoms with Crippen LogP contribution in [0, 0.1) is 0 Å². The fourth-order valence-electron chi connectivity index (χ4n) is 2.25. The molecule has 28 heavy (non-hydrogen) atoms. The van der Waals surface area contributed by atoms with E-state index in [4.69, 9.17) is 0 Å². The summed E-state index contributed by atoms with van der Waals surface area (Å²) < 4.78 is 64.8. The minimum Gasteiger partial charge on any atom is -0.290 e. The number of aromatic nitrogens is 3. The Morgan fingerprint density at radius 2 is 1.36 bits per heavy atom. The van der Waals surface area contributed by atoms with Gasteiger partial charge in [-0.15, -0.1) is 0 Å². The molecule has 10 nitrogen and oxygen atoms in total. The summed E-state index contributed by atoms with van der Waals surface area (Å²) in [5.41, 5.74) is 0.142. The quantitative estimate of drug-likeness (QED) is 0.266. The van der Waals surface area contributed by atoms with Gasteiger partial charge in [0.25, 0.3) is 25.8 Å². The first-order valence-corrected chi connectivity index (χ1v) is 9.76. The Balaban J connectivity index is 0.00000196. The first-order chi connectivity index (χ1) is 12.1. The number of hydrogen-bond acceptors (Lipinski definition) is 6. The van der Waals surface area contributed by atoms with Crippen molar-refractivity contribution in [2.24, 2.45) is 0 Å². The third-order valence-corrected chi connectivity index (χ3v) is 5.09. The molecule has 0 aliphatic rings. The second kappa shape index (κ2) is 9.34. The number of benzene rings is 1. The summed E-state index contributed by atoms with van der Waals surface area (Å²) in [4.78, 5) is 14.5. The van der Waals surface area contributed by atoms with Crippen LogP contribution in [0.25, 0.3) is 16.9 Å². The molecular formula is C14H11N3Na2O7S2+2. The van der Waals surface area contributed by atoms with Crippen LogP contribution in [0.3, 0.4) is 0 Å². The number of rotatable bonds is 4. The predicted molar refractivity (Wildman–Crippen MR) is 89.2 cm³/mol. The van der Waals surface area contributed by atoms with Gasteiger partial charge in [0.05, 0.1) is 21.2 Å². The van der Waals surface area contributed by atoms with E-state index < -0.39 is 35.6 Å². The van der Waals surface area contributed by atoms with Gasteiger partial charge >= 0.3 is 59.1 Å². The third kappa shape index (κ3) is 5.63. The Morgan fingerprint density at radius 1 is 0.857 bits per heavy atom. The van der Waals surface area contributed by atoms with Gasteiger partial charge < -0.3 is 0 Å². The molecule has 0 aliphatic heterocycles. The van der Waals surface area contributed by atoms with Crippen molar-refractivity contribution in [3.63, 3.8) is 0 Å². The van der Waals surface area contributed by atoms with Crippen molar-refractivity contribution in [3.05, 3.63) is 59.1 Å². The molecule has 0 saturated heterocycles. The molecule has 14 heteroatoms. The Labute approximate surface area is 204 Å². The molecule has 2 heterocycles. The van der Waals surface area contributed by atoms with Crippen molar-refractivity contribution < 1.29 is 85.1 Å². The number of hydrogen-bond donors (Lipinski definition) is 3. The van der Waals surface area contributed by atoms with Crippen LogP contribution in [0.2, 0.25) is 0 Å². The van der Waals surface area contributed by atoms with Crippen LogP contribution in [0.1, 0.15) is 0 Å². The molecule has 0 fully saturated rings. The normalized spacial score (nSPS) is 11.4. The molecule has 3 rings (SSSR count). The Bertz CT molecular complexity index is 1200. The molecule has 3 N–H and O–H groups in total. The molecule has 0 spiro atoms. The summed E-state index contributed by atoms with van der Waals surface area (Å²) in [6.07, 6.45) is 3.00. The standard InChI is InChI=1S/C14H11N3O7S2.2Na/c18-14-8-13(9-1-3-15-4-2-9)16-17(14)10-5-11(25(19,20)21)7-12(6-10)26(22,23)24;;/h1-8,16H,(H,19,20,21)(H,22,23,24);;/q;2*+1. The topological polar surface area (TPSA) is 159 Å². The van der Waals surface area contributed by atoms with Gasteiger partial charge in [0, 0.05) is 24.0 Å². The minimum absolute atomic E-state index is 0. The molecule has 0 bridgehead atoms. The zero-order valence-electron chi connectivity index (χ0n) is 14.8. The van der Waals surface area contributed by atoms with Gasteiger partial charge in [-0.25, -0.2) is 4.68 Å². The van der Waals surface area contributed by atoms with Crippen LogP contribution in [-0.2, 0) is 20.2 Å². The molecule has 2 aromatic heterocycles. The van der Waals surface area contributed by atoms with E-state index in [-0.39, 0.29) is 64.8 Å². The van der Waals surface area contributed by atoms with E-state index in [2.05, 4.69) is 10.1 Å². The average Bonchev–Trinajstić information content (AvgIpc) is 2.95. The van der Waals surface area contributed by atoms with Gasteiger partial charge in [-0.2, -0.15) is 16.8 Å². The van der Waals surface area contributed by atoms with Crippen molar-refractivity contribution in [3.8, 4) is 16.9 Å². The summed E-state index contributed by atoms with van der Waals surface area (Å²) in [5, 5.41) is 2.69. The van der Waals surface area contributed by atoms with E-state index in [1.54, 1.807) is 12.1 Å². The van der Waals surface area contributed by atoms with Crippen molar-refractivity contribution >= 4 is 20.2 Å². The zero-order valence-corrected chi connectivity index (χ0v) is 20.4. The Morgan fingerprint density at radius 3 is 1.82 bits per heavy atom. The second-order valence-electron chi connectivity index (χ2n) is 5.19. The molecule has 136 valence electrons. The van der Waals surface area contributed by atoms with Gasteiger partial charge in [0.1, 0.15) is 0 Å². The van der Waals surface area contributed by atoms with Crippen LogP contribution < -0.4 is 64.7 Å². The SMILES string of the molecule is O=c1cc(-c2ccncc2)[nH]n1-c1cc(S(=O)(=O)O)cc(S(=O)(=O)O)c1.[Na+].[Na+]. The first-order valence-electron chi connectivity index (χ1n) is 6.88. The number of nitrogens with one attached hydrogen (secondary N) is 1. The van der Waals surface area contributed by atoms with Crippen molar-refractivity contribution in [1.29, 1.82) is 0 Å². The molecule has 0 amide bonds. The molecule has 1 aromatic carbocycles. The second-order valence-corrected chi connectivity index (χ2v) is 8.04. The van der Waals surface area contributed by atoms with Gasteiger partial charge in [-0.05, 0) is 30.3 Å². The third-order valence-electron chi connectivity index (χ3n) is 3.43. The number of pyridine rings is 1. The maximum absolute atomic E-state index is 12.2. The molecule has 3 aromatic rings. The molecule has 0 saturated carbocycles. The Kier molecular flexibility index (Phi) is 8.42. The summed E-state index contributed by atoms with van der Waals surface area (Å²) in [6, 6.07) is 6.80. The largest absolute Gasteiger partial charge is 1.00 e. The maximum Gasteiger partial charge on any atom is 1.00 e. The van der Waals surface area contributed by atoms with Crippen LogP contribution in [0.15, 0.2) is 63.4 Å². The van der Waals surface area contributed by atoms with E-state index >= 15 is 0 Å². The van der Waals surface area contributed by atoms with Crippen molar-refractivity contribution in [2.75, 3.05) is 0 Å². The van der Waals surface area contributed by atoms with Gasteiger partial charge in [0.15, 0.2) is 0 Å². The van der Waals surface area contributed by atoms with Crippen LogP contribution in [0.5, 0.6) is 0 Å². The van der Waals surface area contributed by atoms with Gasteiger partial charge in [0.2, 0.25) is 0 Å². The van der Waals surface area contributed by atoms with Crippen molar-refractivity contribution in [2.45, 2.75) is 9.79 Å². The number of nitrogens with zero attached hydrogens (tertiary/aromatic N) is 2. The fourth-order valence-corrected chi connectivity index (χ4v) is 3.42. The molecule has 0 unspecified atom stereocenters. The van der Waals surface area contributed by atoms with E-state index in [0.29, 0.717) is 17.3 Å². The Hall–Kier alpha value is -0.800.